The molecule has 6 nitrogen and oxygen atoms in total. The number of aromatic nitrogens is 3. The lowest BCUT2D eigenvalue weighted by atomic mass is 10.3. The molecule has 0 aliphatic carbocycles. The molecule has 0 amide bonds. The number of hydrogen-bond donors (Lipinski definition) is 2. The van der Waals surface area contributed by atoms with E-state index in [4.69, 9.17) is 4.74 Å². The second-order valence-corrected chi connectivity index (χ2v) is 4.67. The summed E-state index contributed by atoms with van der Waals surface area (Å²) >= 11 is 0. The molecule has 0 saturated carbocycles. The van der Waals surface area contributed by atoms with Crippen LogP contribution in [0.25, 0.3) is 0 Å². The van der Waals surface area contributed by atoms with Gasteiger partial charge in [-0.1, -0.05) is 19.1 Å². The SMILES string of the molecule is CCOc1ccccc1Nc1nncc(NC(C)CC)n1. The van der Waals surface area contributed by atoms with Crippen LogP contribution in [0.2, 0.25) is 0 Å². The molecule has 0 spiro atoms. The first-order valence-electron chi connectivity index (χ1n) is 7.18. The first-order valence-corrected chi connectivity index (χ1v) is 7.18. The van der Waals surface area contributed by atoms with Crippen molar-refractivity contribution in [3.8, 4) is 5.75 Å². The molecule has 0 saturated heterocycles. The number of rotatable bonds is 7. The Morgan fingerprint density at radius 3 is 2.81 bits per heavy atom. The van der Waals surface area contributed by atoms with Crippen molar-refractivity contribution in [2.24, 2.45) is 0 Å². The predicted molar refractivity (Wildman–Crippen MR) is 84.1 cm³/mol. The van der Waals surface area contributed by atoms with Gasteiger partial charge in [0.15, 0.2) is 5.82 Å². The molecular formula is C15H21N5O. The minimum atomic E-state index is 0.338. The van der Waals surface area contributed by atoms with Gasteiger partial charge in [0.05, 0.1) is 18.5 Å². The van der Waals surface area contributed by atoms with Crippen molar-refractivity contribution in [3.63, 3.8) is 0 Å². The molecule has 1 aromatic heterocycles. The van der Waals surface area contributed by atoms with E-state index in [2.05, 4.69) is 39.7 Å². The first kappa shape index (κ1) is 15.0. The van der Waals surface area contributed by atoms with Crippen molar-refractivity contribution in [2.45, 2.75) is 33.2 Å². The molecule has 1 aromatic carbocycles. The van der Waals surface area contributed by atoms with Crippen LogP contribution in [0.3, 0.4) is 0 Å². The highest BCUT2D eigenvalue weighted by molar-refractivity contribution is 5.62. The smallest absolute Gasteiger partial charge is 0.249 e. The zero-order valence-electron chi connectivity index (χ0n) is 12.6. The van der Waals surface area contributed by atoms with Gasteiger partial charge in [-0.3, -0.25) is 0 Å². The second-order valence-electron chi connectivity index (χ2n) is 4.67. The van der Waals surface area contributed by atoms with Crippen LogP contribution in [-0.2, 0) is 0 Å². The maximum absolute atomic E-state index is 5.57. The van der Waals surface area contributed by atoms with E-state index in [0.29, 0.717) is 24.4 Å². The molecule has 6 heteroatoms. The fourth-order valence-corrected chi connectivity index (χ4v) is 1.75. The third kappa shape index (κ3) is 4.30. The summed E-state index contributed by atoms with van der Waals surface area (Å²) in [5.41, 5.74) is 0.821. The predicted octanol–water partition coefficient (Wildman–Crippen LogP) is 3.22. The Bertz CT molecular complexity index is 575. The van der Waals surface area contributed by atoms with Crippen molar-refractivity contribution < 1.29 is 4.74 Å². The van der Waals surface area contributed by atoms with Crippen molar-refractivity contribution in [3.05, 3.63) is 30.5 Å². The highest BCUT2D eigenvalue weighted by atomic mass is 16.5. The average Bonchev–Trinajstić information content (AvgIpc) is 2.50. The molecule has 1 heterocycles. The lowest BCUT2D eigenvalue weighted by molar-refractivity contribution is 0.342. The highest BCUT2D eigenvalue weighted by Gasteiger charge is 2.07. The van der Waals surface area contributed by atoms with Gasteiger partial charge in [0, 0.05) is 6.04 Å². The van der Waals surface area contributed by atoms with Crippen LogP contribution in [0.5, 0.6) is 5.75 Å². The van der Waals surface area contributed by atoms with E-state index in [1.807, 2.05) is 31.2 Å². The number of ether oxygens (including phenoxy) is 1. The van der Waals surface area contributed by atoms with Gasteiger partial charge in [-0.25, -0.2) is 0 Å². The molecule has 2 rings (SSSR count). The quantitative estimate of drug-likeness (QED) is 0.814. The van der Waals surface area contributed by atoms with Crippen LogP contribution >= 0.6 is 0 Å². The molecule has 0 aliphatic rings. The minimum absolute atomic E-state index is 0.338. The first-order chi connectivity index (χ1) is 10.2. The van der Waals surface area contributed by atoms with Crippen LogP contribution < -0.4 is 15.4 Å². The normalized spacial score (nSPS) is 11.8. The standard InChI is InChI=1S/C15H21N5O/c1-4-11(3)17-14-10-16-20-15(19-14)18-12-8-6-7-9-13(12)21-5-2/h6-11H,4-5H2,1-3H3,(H2,17,18,19,20). The number of hydrogen-bond acceptors (Lipinski definition) is 6. The van der Waals surface area contributed by atoms with Crippen LogP contribution in [-0.4, -0.2) is 27.8 Å². The van der Waals surface area contributed by atoms with Crippen molar-refractivity contribution in [1.29, 1.82) is 0 Å². The number of anilines is 3. The topological polar surface area (TPSA) is 72.0 Å². The molecular weight excluding hydrogens is 266 g/mol. The molecule has 0 fully saturated rings. The molecule has 1 atom stereocenters. The molecule has 1 unspecified atom stereocenters. The van der Waals surface area contributed by atoms with E-state index in [1.165, 1.54) is 0 Å². The van der Waals surface area contributed by atoms with Crippen LogP contribution in [0.4, 0.5) is 17.5 Å². The Morgan fingerprint density at radius 2 is 2.05 bits per heavy atom. The summed E-state index contributed by atoms with van der Waals surface area (Å²) in [6.45, 7) is 6.77. The van der Waals surface area contributed by atoms with Gasteiger partial charge < -0.3 is 15.4 Å². The Kier molecular flexibility index (Phi) is 5.31. The maximum Gasteiger partial charge on any atom is 0.249 e. The molecule has 2 aromatic rings. The monoisotopic (exact) mass is 287 g/mol. The lowest BCUT2D eigenvalue weighted by Gasteiger charge is -2.13. The molecule has 0 bridgehead atoms. The Hall–Kier alpha value is -2.37. The van der Waals surface area contributed by atoms with Gasteiger partial charge >= 0.3 is 0 Å². The molecule has 0 aliphatic heterocycles. The van der Waals surface area contributed by atoms with Gasteiger partial charge in [0.1, 0.15) is 5.75 Å². The summed E-state index contributed by atoms with van der Waals surface area (Å²) in [5, 5.41) is 14.4. The zero-order valence-corrected chi connectivity index (χ0v) is 12.6. The van der Waals surface area contributed by atoms with E-state index < -0.39 is 0 Å². The van der Waals surface area contributed by atoms with E-state index in [0.717, 1.165) is 17.9 Å². The number of benzene rings is 1. The van der Waals surface area contributed by atoms with Crippen LogP contribution in [0, 0.1) is 0 Å². The van der Waals surface area contributed by atoms with E-state index in [9.17, 15) is 0 Å². The summed E-state index contributed by atoms with van der Waals surface area (Å²) in [5.74, 6) is 1.91. The summed E-state index contributed by atoms with van der Waals surface area (Å²) in [4.78, 5) is 4.41. The highest BCUT2D eigenvalue weighted by Crippen LogP contribution is 2.26. The lowest BCUT2D eigenvalue weighted by Crippen LogP contribution is -2.15. The number of para-hydroxylation sites is 2. The molecule has 112 valence electrons. The fraction of sp³-hybridized carbons (Fsp3) is 0.400. The third-order valence-corrected chi connectivity index (χ3v) is 3.00. The van der Waals surface area contributed by atoms with E-state index in [-0.39, 0.29) is 0 Å². The Morgan fingerprint density at radius 1 is 1.24 bits per heavy atom. The summed E-state index contributed by atoms with van der Waals surface area (Å²) in [7, 11) is 0. The van der Waals surface area contributed by atoms with Gasteiger partial charge in [-0.15, -0.1) is 5.10 Å². The fourth-order valence-electron chi connectivity index (χ4n) is 1.75. The zero-order chi connectivity index (χ0) is 15.1. The Balaban J connectivity index is 2.14. The summed E-state index contributed by atoms with van der Waals surface area (Å²) in [6, 6.07) is 8.02. The summed E-state index contributed by atoms with van der Waals surface area (Å²) < 4.78 is 5.57. The van der Waals surface area contributed by atoms with Crippen LogP contribution in [0.1, 0.15) is 27.2 Å². The van der Waals surface area contributed by atoms with E-state index in [1.54, 1.807) is 6.20 Å². The number of nitrogens with one attached hydrogen (secondary N) is 2. The van der Waals surface area contributed by atoms with Crippen molar-refractivity contribution in [1.82, 2.24) is 15.2 Å². The minimum Gasteiger partial charge on any atom is -0.492 e. The second kappa shape index (κ2) is 7.42. The van der Waals surface area contributed by atoms with Gasteiger partial charge in [0.25, 0.3) is 0 Å². The third-order valence-electron chi connectivity index (χ3n) is 3.00. The molecule has 21 heavy (non-hydrogen) atoms. The van der Waals surface area contributed by atoms with Gasteiger partial charge in [-0.2, -0.15) is 10.1 Å². The largest absolute Gasteiger partial charge is 0.492 e. The molecule has 2 N–H and O–H groups in total. The number of nitrogens with zero attached hydrogens (tertiary/aromatic N) is 3. The maximum atomic E-state index is 5.57. The van der Waals surface area contributed by atoms with E-state index >= 15 is 0 Å². The molecule has 0 radical (unpaired) electrons. The van der Waals surface area contributed by atoms with Crippen LogP contribution in [0.15, 0.2) is 30.5 Å². The van der Waals surface area contributed by atoms with Crippen molar-refractivity contribution >= 4 is 17.5 Å². The van der Waals surface area contributed by atoms with Gasteiger partial charge in [0.2, 0.25) is 5.95 Å². The Labute approximate surface area is 125 Å². The summed E-state index contributed by atoms with van der Waals surface area (Å²) in [6.07, 6.45) is 2.63. The van der Waals surface area contributed by atoms with Gasteiger partial charge in [-0.05, 0) is 32.4 Å². The average molecular weight is 287 g/mol. The van der Waals surface area contributed by atoms with Crippen molar-refractivity contribution in [2.75, 3.05) is 17.2 Å².